The summed E-state index contributed by atoms with van der Waals surface area (Å²) in [6.07, 6.45) is 0.298. The van der Waals surface area contributed by atoms with Gasteiger partial charge in [-0.05, 0) is 43.5 Å². The number of rotatable bonds is 0. The molecule has 0 aliphatic carbocycles. The lowest BCUT2D eigenvalue weighted by Crippen LogP contribution is -1.88. The van der Waals surface area contributed by atoms with Gasteiger partial charge in [-0.25, -0.2) is 0 Å². The van der Waals surface area contributed by atoms with Crippen LogP contribution in [-0.2, 0) is 0 Å². The molecule has 70 valence electrons. The molecule has 0 spiro atoms. The topological polar surface area (TPSA) is 23.8 Å². The Kier molecular flexibility index (Phi) is 3.32. The van der Waals surface area contributed by atoms with Crippen LogP contribution in [-0.4, -0.2) is 0 Å². The third-order valence-electron chi connectivity index (χ3n) is 2.23. The smallest absolute Gasteiger partial charge is 0.0966 e. The highest BCUT2D eigenvalue weighted by atomic mass is 14.2. The predicted octanol–water partition coefficient (Wildman–Crippen LogP) is 2.88. The van der Waals surface area contributed by atoms with Crippen LogP contribution in [0.2, 0.25) is 0 Å². The quantitative estimate of drug-likeness (QED) is 0.567. The van der Waals surface area contributed by atoms with E-state index in [0.29, 0.717) is 6.42 Å². The molecule has 0 atom stereocenters. The summed E-state index contributed by atoms with van der Waals surface area (Å²) in [6, 6.07) is 6.22. The minimum absolute atomic E-state index is 0.298. The van der Waals surface area contributed by atoms with E-state index in [9.17, 15) is 0 Å². The Morgan fingerprint density at radius 1 is 1.07 bits per heavy atom. The summed E-state index contributed by atoms with van der Waals surface area (Å²) in [5.41, 5.74) is 4.74. The fourth-order valence-electron chi connectivity index (χ4n) is 1.27. The molecule has 1 nitrogen and oxygen atoms in total. The van der Waals surface area contributed by atoms with Crippen LogP contribution in [0.5, 0.6) is 0 Å². The van der Waals surface area contributed by atoms with Gasteiger partial charge in [-0.1, -0.05) is 17.9 Å². The van der Waals surface area contributed by atoms with E-state index in [0.717, 1.165) is 5.56 Å². The lowest BCUT2D eigenvalue weighted by Gasteiger charge is -2.03. The predicted molar refractivity (Wildman–Crippen MR) is 57.8 cm³/mol. The highest BCUT2D eigenvalue weighted by Gasteiger charge is 1.98. The molecule has 0 N–H and O–H groups in total. The standard InChI is InChI=1S/C13H13N/c1-10-8-12(3)13(9-11(10)2)6-4-5-7-14/h8-9H,5H2,1-3H3. The van der Waals surface area contributed by atoms with Gasteiger partial charge in [0.1, 0.15) is 0 Å². The van der Waals surface area contributed by atoms with Crippen LogP contribution in [0.4, 0.5) is 0 Å². The molecular formula is C13H13N. The minimum atomic E-state index is 0.298. The summed E-state index contributed by atoms with van der Waals surface area (Å²) in [4.78, 5) is 0. The molecule has 0 aromatic heterocycles. The Labute approximate surface area is 85.4 Å². The average Bonchev–Trinajstić information content (AvgIpc) is 2.14. The number of nitriles is 1. The van der Waals surface area contributed by atoms with Crippen LogP contribution in [0.25, 0.3) is 0 Å². The maximum Gasteiger partial charge on any atom is 0.0966 e. The first-order chi connectivity index (χ1) is 6.65. The summed E-state index contributed by atoms with van der Waals surface area (Å²) in [6.45, 7) is 6.21. The Morgan fingerprint density at radius 2 is 1.71 bits per heavy atom. The summed E-state index contributed by atoms with van der Waals surface area (Å²) in [7, 11) is 0. The van der Waals surface area contributed by atoms with Crippen molar-refractivity contribution < 1.29 is 0 Å². The second-order valence-electron chi connectivity index (χ2n) is 3.39. The molecular weight excluding hydrogens is 170 g/mol. The van der Waals surface area contributed by atoms with Gasteiger partial charge in [0, 0.05) is 5.56 Å². The zero-order valence-electron chi connectivity index (χ0n) is 8.81. The first kappa shape index (κ1) is 10.4. The van der Waals surface area contributed by atoms with E-state index < -0.39 is 0 Å². The van der Waals surface area contributed by atoms with E-state index in [-0.39, 0.29) is 0 Å². The van der Waals surface area contributed by atoms with Crippen LogP contribution in [0.15, 0.2) is 12.1 Å². The second-order valence-corrected chi connectivity index (χ2v) is 3.39. The van der Waals surface area contributed by atoms with Crippen LogP contribution < -0.4 is 0 Å². The first-order valence-electron chi connectivity index (χ1n) is 4.59. The molecule has 0 bridgehead atoms. The van der Waals surface area contributed by atoms with Crippen LogP contribution in [0, 0.1) is 43.9 Å². The molecule has 0 aliphatic heterocycles. The molecule has 0 heterocycles. The fraction of sp³-hybridized carbons (Fsp3) is 0.308. The van der Waals surface area contributed by atoms with Crippen molar-refractivity contribution in [1.82, 2.24) is 0 Å². The Bertz CT molecular complexity index is 439. The molecule has 1 aromatic rings. The molecule has 0 radical (unpaired) electrons. The Balaban J connectivity index is 3.07. The van der Waals surface area contributed by atoms with E-state index in [1.807, 2.05) is 13.0 Å². The van der Waals surface area contributed by atoms with Gasteiger partial charge >= 0.3 is 0 Å². The largest absolute Gasteiger partial charge is 0.197 e. The molecule has 1 aromatic carbocycles. The van der Waals surface area contributed by atoms with Crippen LogP contribution in [0.3, 0.4) is 0 Å². The van der Waals surface area contributed by atoms with Crippen molar-refractivity contribution >= 4 is 0 Å². The Morgan fingerprint density at radius 3 is 2.36 bits per heavy atom. The monoisotopic (exact) mass is 183 g/mol. The maximum absolute atomic E-state index is 8.36. The summed E-state index contributed by atoms with van der Waals surface area (Å²) < 4.78 is 0. The number of nitrogens with zero attached hydrogens (tertiary/aromatic N) is 1. The average molecular weight is 183 g/mol. The highest BCUT2D eigenvalue weighted by molar-refractivity contribution is 5.46. The fourth-order valence-corrected chi connectivity index (χ4v) is 1.27. The van der Waals surface area contributed by atoms with Gasteiger partial charge in [0.25, 0.3) is 0 Å². The normalized spacial score (nSPS) is 8.71. The van der Waals surface area contributed by atoms with E-state index in [1.54, 1.807) is 0 Å². The molecule has 0 aliphatic rings. The number of benzene rings is 1. The zero-order valence-corrected chi connectivity index (χ0v) is 8.81. The van der Waals surface area contributed by atoms with E-state index >= 15 is 0 Å². The van der Waals surface area contributed by atoms with Gasteiger partial charge < -0.3 is 0 Å². The SMILES string of the molecule is Cc1cc(C)c(C#CCC#N)cc1C. The molecule has 0 fully saturated rings. The third-order valence-corrected chi connectivity index (χ3v) is 2.23. The van der Waals surface area contributed by atoms with Crippen molar-refractivity contribution in [2.24, 2.45) is 0 Å². The van der Waals surface area contributed by atoms with Crippen molar-refractivity contribution in [2.45, 2.75) is 27.2 Å². The highest BCUT2D eigenvalue weighted by Crippen LogP contribution is 2.14. The minimum Gasteiger partial charge on any atom is -0.197 e. The van der Waals surface area contributed by atoms with Crippen LogP contribution >= 0.6 is 0 Å². The van der Waals surface area contributed by atoms with E-state index in [1.165, 1.54) is 16.7 Å². The van der Waals surface area contributed by atoms with Crippen molar-refractivity contribution in [3.8, 4) is 17.9 Å². The van der Waals surface area contributed by atoms with Gasteiger partial charge in [-0.3, -0.25) is 0 Å². The molecule has 14 heavy (non-hydrogen) atoms. The maximum atomic E-state index is 8.36. The lowest BCUT2D eigenvalue weighted by atomic mass is 10.0. The van der Waals surface area contributed by atoms with Gasteiger partial charge in [0.05, 0.1) is 12.5 Å². The molecule has 1 heteroatoms. The van der Waals surface area contributed by atoms with Crippen LogP contribution in [0.1, 0.15) is 28.7 Å². The molecule has 0 unspecified atom stereocenters. The molecule has 0 saturated heterocycles. The molecule has 0 saturated carbocycles. The Hall–Kier alpha value is -1.73. The van der Waals surface area contributed by atoms with Gasteiger partial charge in [0.15, 0.2) is 0 Å². The van der Waals surface area contributed by atoms with Crippen molar-refractivity contribution in [3.05, 3.63) is 34.4 Å². The van der Waals surface area contributed by atoms with Gasteiger partial charge in [-0.2, -0.15) is 5.26 Å². The molecule has 0 amide bonds. The second kappa shape index (κ2) is 4.49. The summed E-state index contributed by atoms with van der Waals surface area (Å²) >= 11 is 0. The van der Waals surface area contributed by atoms with Gasteiger partial charge in [0.2, 0.25) is 0 Å². The molecule has 1 rings (SSSR count). The number of hydrogen-bond acceptors (Lipinski definition) is 1. The van der Waals surface area contributed by atoms with Gasteiger partial charge in [-0.15, -0.1) is 0 Å². The summed E-state index contributed by atoms with van der Waals surface area (Å²) in [5.74, 6) is 5.84. The van der Waals surface area contributed by atoms with E-state index in [4.69, 9.17) is 5.26 Å². The van der Waals surface area contributed by atoms with Crippen molar-refractivity contribution in [2.75, 3.05) is 0 Å². The third kappa shape index (κ3) is 2.38. The number of aryl methyl sites for hydroxylation is 3. The zero-order chi connectivity index (χ0) is 10.6. The van der Waals surface area contributed by atoms with Crippen molar-refractivity contribution in [3.63, 3.8) is 0 Å². The van der Waals surface area contributed by atoms with E-state index in [2.05, 4.69) is 37.8 Å². The number of hydrogen-bond donors (Lipinski definition) is 0. The summed E-state index contributed by atoms with van der Waals surface area (Å²) in [5, 5.41) is 8.36. The van der Waals surface area contributed by atoms with Crippen molar-refractivity contribution in [1.29, 1.82) is 5.26 Å². The lowest BCUT2D eigenvalue weighted by molar-refractivity contribution is 1.28. The first-order valence-corrected chi connectivity index (χ1v) is 4.59.